The minimum absolute atomic E-state index is 0.0981. The lowest BCUT2D eigenvalue weighted by Crippen LogP contribution is -2.05. The van der Waals surface area contributed by atoms with E-state index in [1.165, 1.54) is 0 Å². The van der Waals surface area contributed by atoms with E-state index in [4.69, 9.17) is 22.1 Å². The summed E-state index contributed by atoms with van der Waals surface area (Å²) >= 11 is 9.47. The Morgan fingerprint density at radius 1 is 1.28 bits per heavy atom. The molecule has 0 aliphatic rings. The summed E-state index contributed by atoms with van der Waals surface area (Å²) in [6.45, 7) is 1.89. The zero-order valence-corrected chi connectivity index (χ0v) is 12.1. The van der Waals surface area contributed by atoms with Crippen molar-refractivity contribution in [3.63, 3.8) is 0 Å². The van der Waals surface area contributed by atoms with Crippen LogP contribution >= 0.6 is 27.5 Å². The first-order chi connectivity index (χ1) is 8.56. The highest BCUT2D eigenvalue weighted by Crippen LogP contribution is 2.29. The summed E-state index contributed by atoms with van der Waals surface area (Å²) in [5.41, 5.74) is 6.70. The van der Waals surface area contributed by atoms with Crippen molar-refractivity contribution in [2.24, 2.45) is 5.73 Å². The number of benzene rings is 1. The molecule has 5 heteroatoms. The highest BCUT2D eigenvalue weighted by molar-refractivity contribution is 9.10. The molecular formula is C13H12BrClN2O. The molecule has 2 N–H and O–H groups in total. The number of nitrogens with zero attached hydrogens (tertiary/aromatic N) is 1. The van der Waals surface area contributed by atoms with Crippen LogP contribution in [0.2, 0.25) is 5.02 Å². The van der Waals surface area contributed by atoms with Crippen LogP contribution < -0.4 is 10.5 Å². The topological polar surface area (TPSA) is 48.1 Å². The number of hydrogen-bond donors (Lipinski definition) is 1. The number of hydrogen-bond acceptors (Lipinski definition) is 3. The van der Waals surface area contributed by atoms with Gasteiger partial charge in [0.25, 0.3) is 0 Å². The van der Waals surface area contributed by atoms with Crippen molar-refractivity contribution in [3.8, 4) is 11.5 Å². The molecule has 3 nitrogen and oxygen atoms in total. The Morgan fingerprint density at radius 2 is 2.06 bits per heavy atom. The summed E-state index contributed by atoms with van der Waals surface area (Å²) in [4.78, 5) is 4.02. The number of rotatable bonds is 3. The zero-order chi connectivity index (χ0) is 13.1. The quantitative estimate of drug-likeness (QED) is 0.914. The predicted molar refractivity (Wildman–Crippen MR) is 76.1 cm³/mol. The molecule has 1 unspecified atom stereocenters. The lowest BCUT2D eigenvalue weighted by Gasteiger charge is -2.11. The van der Waals surface area contributed by atoms with Gasteiger partial charge in [-0.05, 0) is 46.6 Å². The summed E-state index contributed by atoms with van der Waals surface area (Å²) in [7, 11) is 0. The molecule has 0 saturated heterocycles. The lowest BCUT2D eigenvalue weighted by molar-refractivity contribution is 0.479. The van der Waals surface area contributed by atoms with Gasteiger partial charge < -0.3 is 10.5 Å². The van der Waals surface area contributed by atoms with Crippen LogP contribution in [-0.2, 0) is 0 Å². The number of halogens is 2. The second-order valence-corrected chi connectivity index (χ2v) is 5.24. The van der Waals surface area contributed by atoms with Gasteiger partial charge in [0.05, 0.1) is 6.20 Å². The molecule has 0 radical (unpaired) electrons. The fourth-order valence-corrected chi connectivity index (χ4v) is 2.21. The fourth-order valence-electron chi connectivity index (χ4n) is 1.52. The number of aromatic nitrogens is 1. The molecule has 0 spiro atoms. The van der Waals surface area contributed by atoms with Crippen LogP contribution in [0.15, 0.2) is 41.1 Å². The van der Waals surface area contributed by atoms with E-state index in [1.807, 2.05) is 25.1 Å². The molecule has 18 heavy (non-hydrogen) atoms. The Morgan fingerprint density at radius 3 is 2.67 bits per heavy atom. The number of nitrogens with two attached hydrogens (primary N) is 1. The standard InChI is InChI=1S/C13H12BrClN2O/c1-8(16)12-3-2-10(5-13(12)15)18-11-4-9(14)6-17-7-11/h2-8H,16H2,1H3. The van der Waals surface area contributed by atoms with Gasteiger partial charge in [-0.1, -0.05) is 17.7 Å². The molecule has 2 aromatic rings. The second-order valence-electron chi connectivity index (χ2n) is 3.91. The van der Waals surface area contributed by atoms with Crippen LogP contribution in [0, 0.1) is 0 Å². The summed E-state index contributed by atoms with van der Waals surface area (Å²) in [5, 5.41) is 0.602. The average molecular weight is 328 g/mol. The molecule has 2 rings (SSSR count). The van der Waals surface area contributed by atoms with Crippen LogP contribution in [0.1, 0.15) is 18.5 Å². The minimum Gasteiger partial charge on any atom is -0.456 e. The Labute approximate surface area is 119 Å². The Balaban J connectivity index is 2.23. The van der Waals surface area contributed by atoms with E-state index in [1.54, 1.807) is 18.5 Å². The maximum absolute atomic E-state index is 6.14. The van der Waals surface area contributed by atoms with E-state index in [9.17, 15) is 0 Å². The van der Waals surface area contributed by atoms with Crippen LogP contribution in [0.5, 0.6) is 11.5 Å². The zero-order valence-electron chi connectivity index (χ0n) is 9.73. The van der Waals surface area contributed by atoms with E-state index >= 15 is 0 Å². The smallest absolute Gasteiger partial charge is 0.146 e. The number of pyridine rings is 1. The highest BCUT2D eigenvalue weighted by Gasteiger charge is 2.07. The van der Waals surface area contributed by atoms with Crippen molar-refractivity contribution in [2.75, 3.05) is 0 Å². The van der Waals surface area contributed by atoms with Gasteiger partial charge in [0.15, 0.2) is 0 Å². The van der Waals surface area contributed by atoms with Crippen molar-refractivity contribution in [2.45, 2.75) is 13.0 Å². The lowest BCUT2D eigenvalue weighted by atomic mass is 10.1. The normalized spacial score (nSPS) is 12.2. The van der Waals surface area contributed by atoms with E-state index in [-0.39, 0.29) is 6.04 Å². The first-order valence-corrected chi connectivity index (χ1v) is 6.57. The minimum atomic E-state index is -0.0981. The Kier molecular flexibility index (Phi) is 4.22. The summed E-state index contributed by atoms with van der Waals surface area (Å²) in [6, 6.07) is 7.19. The van der Waals surface area contributed by atoms with Crippen molar-refractivity contribution >= 4 is 27.5 Å². The molecule has 0 bridgehead atoms. The summed E-state index contributed by atoms with van der Waals surface area (Å²) < 4.78 is 6.52. The van der Waals surface area contributed by atoms with Gasteiger partial charge in [-0.15, -0.1) is 0 Å². The van der Waals surface area contributed by atoms with Gasteiger partial charge >= 0.3 is 0 Å². The molecule has 0 amide bonds. The van der Waals surface area contributed by atoms with Crippen molar-refractivity contribution in [3.05, 3.63) is 51.7 Å². The third-order valence-electron chi connectivity index (χ3n) is 2.38. The average Bonchev–Trinajstić information content (AvgIpc) is 2.28. The molecule has 0 aliphatic heterocycles. The van der Waals surface area contributed by atoms with Gasteiger partial charge in [0.2, 0.25) is 0 Å². The monoisotopic (exact) mass is 326 g/mol. The molecule has 0 saturated carbocycles. The summed E-state index contributed by atoms with van der Waals surface area (Å²) in [5.74, 6) is 1.30. The van der Waals surface area contributed by atoms with Gasteiger partial charge in [0.1, 0.15) is 11.5 Å². The maximum atomic E-state index is 6.14. The molecule has 1 heterocycles. The molecule has 94 valence electrons. The maximum Gasteiger partial charge on any atom is 0.146 e. The van der Waals surface area contributed by atoms with E-state index in [0.29, 0.717) is 16.5 Å². The largest absolute Gasteiger partial charge is 0.456 e. The van der Waals surface area contributed by atoms with Crippen LogP contribution in [0.25, 0.3) is 0 Å². The van der Waals surface area contributed by atoms with E-state index in [2.05, 4.69) is 20.9 Å². The van der Waals surface area contributed by atoms with Crippen molar-refractivity contribution in [1.29, 1.82) is 0 Å². The van der Waals surface area contributed by atoms with E-state index < -0.39 is 0 Å². The van der Waals surface area contributed by atoms with Crippen LogP contribution in [0.4, 0.5) is 0 Å². The molecule has 0 aliphatic carbocycles. The fraction of sp³-hybridized carbons (Fsp3) is 0.154. The second kappa shape index (κ2) is 5.69. The molecule has 1 aromatic carbocycles. The van der Waals surface area contributed by atoms with Gasteiger partial charge in [-0.2, -0.15) is 0 Å². The highest BCUT2D eigenvalue weighted by atomic mass is 79.9. The Bertz CT molecular complexity index is 560. The molecular weight excluding hydrogens is 316 g/mol. The predicted octanol–water partition coefficient (Wildman–Crippen LogP) is 4.31. The van der Waals surface area contributed by atoms with Gasteiger partial charge in [0, 0.05) is 21.7 Å². The first kappa shape index (κ1) is 13.3. The van der Waals surface area contributed by atoms with E-state index in [0.717, 1.165) is 10.0 Å². The molecule has 0 fully saturated rings. The van der Waals surface area contributed by atoms with Gasteiger partial charge in [-0.3, -0.25) is 4.98 Å². The van der Waals surface area contributed by atoms with Crippen LogP contribution in [-0.4, -0.2) is 4.98 Å². The first-order valence-electron chi connectivity index (χ1n) is 5.39. The third kappa shape index (κ3) is 3.22. The molecule has 1 atom stereocenters. The van der Waals surface area contributed by atoms with Crippen molar-refractivity contribution in [1.82, 2.24) is 4.98 Å². The Hall–Kier alpha value is -1.10. The SMILES string of the molecule is CC(N)c1ccc(Oc2cncc(Br)c2)cc1Cl. The number of ether oxygens (including phenoxy) is 1. The van der Waals surface area contributed by atoms with Crippen LogP contribution in [0.3, 0.4) is 0 Å². The van der Waals surface area contributed by atoms with Gasteiger partial charge in [-0.25, -0.2) is 0 Å². The third-order valence-corrected chi connectivity index (χ3v) is 3.14. The molecule has 1 aromatic heterocycles. The summed E-state index contributed by atoms with van der Waals surface area (Å²) in [6.07, 6.45) is 3.33. The van der Waals surface area contributed by atoms with Crippen molar-refractivity contribution < 1.29 is 4.74 Å².